The normalized spacial score (nSPS) is 11.6. The summed E-state index contributed by atoms with van der Waals surface area (Å²) in [6.45, 7) is 0. The van der Waals surface area contributed by atoms with Gasteiger partial charge in [-0.1, -0.05) is 46.1 Å². The van der Waals surface area contributed by atoms with Crippen LogP contribution in [-0.2, 0) is 10.0 Å². The van der Waals surface area contributed by atoms with Gasteiger partial charge < -0.3 is 0 Å². The number of nitrogens with zero attached hydrogens (tertiary/aromatic N) is 2. The van der Waals surface area contributed by atoms with Gasteiger partial charge in [0.25, 0.3) is 10.0 Å². The fraction of sp³-hybridized carbons (Fsp3) is 0. The Kier molecular flexibility index (Phi) is 4.82. The Morgan fingerprint density at radius 1 is 1.04 bits per heavy atom. The van der Waals surface area contributed by atoms with Crippen molar-refractivity contribution in [3.8, 4) is 9.88 Å². The summed E-state index contributed by atoms with van der Waals surface area (Å²) in [6, 6.07) is 5.92. The van der Waals surface area contributed by atoms with Gasteiger partial charge in [0.05, 0.1) is 14.9 Å². The molecule has 0 fully saturated rings. The Hall–Kier alpha value is -0.900. The number of benzene rings is 1. The van der Waals surface area contributed by atoms with Crippen LogP contribution in [0.5, 0.6) is 0 Å². The first-order chi connectivity index (χ1) is 10.9. The van der Waals surface area contributed by atoms with Gasteiger partial charge in [0.1, 0.15) is 4.90 Å². The third kappa shape index (κ3) is 3.62. The summed E-state index contributed by atoms with van der Waals surface area (Å²) in [6.07, 6.45) is 0. The van der Waals surface area contributed by atoms with E-state index in [9.17, 15) is 8.42 Å². The predicted octanol–water partition coefficient (Wildman–Crippen LogP) is 5.03. The first-order valence-electron chi connectivity index (χ1n) is 5.91. The summed E-state index contributed by atoms with van der Waals surface area (Å²) in [7, 11) is -3.92. The standard InChI is InChI=1S/C12H6Cl3N3O2S3/c13-6-1-2-7(14)9(5-6)23(19,20)18-12-17-16-11(22-12)10-8(15)3-4-21-10/h1-5H,(H,17,18). The number of nitrogens with one attached hydrogen (secondary N) is 1. The van der Waals surface area contributed by atoms with Crippen LogP contribution in [0.15, 0.2) is 34.5 Å². The first kappa shape index (κ1) is 16.9. The Labute approximate surface area is 154 Å². The molecule has 11 heteroatoms. The third-order valence-corrected chi connectivity index (χ3v) is 7.16. The average Bonchev–Trinajstić information content (AvgIpc) is 3.09. The maximum Gasteiger partial charge on any atom is 0.265 e. The zero-order valence-corrected chi connectivity index (χ0v) is 15.7. The van der Waals surface area contributed by atoms with Crippen LogP contribution in [-0.4, -0.2) is 18.6 Å². The zero-order chi connectivity index (χ0) is 16.6. The number of anilines is 1. The van der Waals surface area contributed by atoms with Gasteiger partial charge in [-0.3, -0.25) is 4.72 Å². The molecule has 0 bridgehead atoms. The number of thiophene rings is 1. The van der Waals surface area contributed by atoms with Crippen LogP contribution in [0.25, 0.3) is 9.88 Å². The molecule has 120 valence electrons. The minimum atomic E-state index is -3.92. The van der Waals surface area contributed by atoms with Crippen molar-refractivity contribution in [3.05, 3.63) is 44.7 Å². The molecule has 0 aliphatic rings. The highest BCUT2D eigenvalue weighted by Gasteiger charge is 2.21. The Bertz CT molecular complexity index is 969. The third-order valence-electron chi connectivity index (χ3n) is 2.64. The van der Waals surface area contributed by atoms with Crippen molar-refractivity contribution in [2.45, 2.75) is 4.90 Å². The second-order valence-electron chi connectivity index (χ2n) is 4.19. The van der Waals surface area contributed by atoms with Gasteiger partial charge in [-0.25, -0.2) is 8.42 Å². The molecule has 3 rings (SSSR count). The van der Waals surface area contributed by atoms with Gasteiger partial charge in [-0.2, -0.15) is 0 Å². The summed E-state index contributed by atoms with van der Waals surface area (Å²) in [5.74, 6) is 0. The molecule has 1 aromatic carbocycles. The lowest BCUT2D eigenvalue weighted by atomic mass is 10.4. The highest BCUT2D eigenvalue weighted by atomic mass is 35.5. The summed E-state index contributed by atoms with van der Waals surface area (Å²) in [5, 5.41) is 11.1. The molecule has 0 unspecified atom stereocenters. The fourth-order valence-electron chi connectivity index (χ4n) is 1.66. The molecule has 0 aliphatic carbocycles. The SMILES string of the molecule is O=S(=O)(Nc1nnc(-c2sccc2Cl)s1)c1cc(Cl)ccc1Cl. The number of aromatic nitrogens is 2. The van der Waals surface area contributed by atoms with E-state index in [4.69, 9.17) is 34.8 Å². The van der Waals surface area contributed by atoms with E-state index >= 15 is 0 Å². The zero-order valence-electron chi connectivity index (χ0n) is 11.0. The molecule has 1 N–H and O–H groups in total. The van der Waals surface area contributed by atoms with Gasteiger partial charge in [0.2, 0.25) is 5.13 Å². The molecule has 0 saturated heterocycles. The van der Waals surface area contributed by atoms with Gasteiger partial charge in [0, 0.05) is 5.02 Å². The van der Waals surface area contributed by atoms with E-state index in [-0.39, 0.29) is 20.1 Å². The molecule has 0 radical (unpaired) electrons. The number of halogens is 3. The molecule has 0 aliphatic heterocycles. The quantitative estimate of drug-likeness (QED) is 0.635. The van der Waals surface area contributed by atoms with Crippen molar-refractivity contribution in [1.82, 2.24) is 10.2 Å². The van der Waals surface area contributed by atoms with Crippen LogP contribution in [0.3, 0.4) is 0 Å². The summed E-state index contributed by atoms with van der Waals surface area (Å²) < 4.78 is 27.1. The van der Waals surface area contributed by atoms with E-state index in [0.29, 0.717) is 10.0 Å². The second-order valence-corrected chi connectivity index (χ2v) is 8.99. The molecule has 2 heterocycles. The Morgan fingerprint density at radius 3 is 2.52 bits per heavy atom. The van der Waals surface area contributed by atoms with E-state index in [0.717, 1.165) is 16.2 Å². The largest absolute Gasteiger partial charge is 0.265 e. The molecule has 5 nitrogen and oxygen atoms in total. The summed E-state index contributed by atoms with van der Waals surface area (Å²) >= 11 is 20.3. The van der Waals surface area contributed by atoms with Crippen LogP contribution in [0.2, 0.25) is 15.1 Å². The van der Waals surface area contributed by atoms with E-state index in [2.05, 4.69) is 14.9 Å². The molecule has 23 heavy (non-hydrogen) atoms. The lowest BCUT2D eigenvalue weighted by molar-refractivity contribution is 0.601. The summed E-state index contributed by atoms with van der Waals surface area (Å²) in [4.78, 5) is 0.605. The van der Waals surface area contributed by atoms with E-state index in [1.807, 2.05) is 5.38 Å². The molecule has 3 aromatic rings. The number of hydrogen-bond donors (Lipinski definition) is 1. The highest BCUT2D eigenvalue weighted by Crippen LogP contribution is 2.37. The monoisotopic (exact) mass is 425 g/mol. The van der Waals surface area contributed by atoms with Crippen molar-refractivity contribution < 1.29 is 8.42 Å². The van der Waals surface area contributed by atoms with Gasteiger partial charge >= 0.3 is 0 Å². The summed E-state index contributed by atoms with van der Waals surface area (Å²) in [5.41, 5.74) is 0. The van der Waals surface area contributed by atoms with Gasteiger partial charge in [-0.05, 0) is 29.6 Å². The lowest BCUT2D eigenvalue weighted by Crippen LogP contribution is -2.13. The van der Waals surface area contributed by atoms with Crippen LogP contribution < -0.4 is 4.72 Å². The molecule has 0 saturated carbocycles. The number of rotatable bonds is 4. The van der Waals surface area contributed by atoms with Crippen LogP contribution in [0.1, 0.15) is 0 Å². The van der Waals surface area contributed by atoms with E-state index < -0.39 is 10.0 Å². The maximum absolute atomic E-state index is 12.4. The van der Waals surface area contributed by atoms with E-state index in [1.54, 1.807) is 6.07 Å². The molecule has 2 aromatic heterocycles. The van der Waals surface area contributed by atoms with Crippen molar-refractivity contribution in [2.75, 3.05) is 4.72 Å². The van der Waals surface area contributed by atoms with Gasteiger partial charge in [0.15, 0.2) is 5.01 Å². The average molecular weight is 427 g/mol. The second kappa shape index (κ2) is 6.54. The Balaban J connectivity index is 1.91. The number of hydrogen-bond acceptors (Lipinski definition) is 6. The van der Waals surface area contributed by atoms with Crippen LogP contribution in [0.4, 0.5) is 5.13 Å². The Morgan fingerprint density at radius 2 is 1.83 bits per heavy atom. The fourth-order valence-corrected chi connectivity index (χ4v) is 5.70. The molecule has 0 spiro atoms. The lowest BCUT2D eigenvalue weighted by Gasteiger charge is -2.06. The van der Waals surface area contributed by atoms with Gasteiger partial charge in [-0.15, -0.1) is 21.5 Å². The van der Waals surface area contributed by atoms with Crippen molar-refractivity contribution in [2.24, 2.45) is 0 Å². The smallest absolute Gasteiger partial charge is 0.253 e. The minimum absolute atomic E-state index is 0.0629. The van der Waals surface area contributed by atoms with Crippen molar-refractivity contribution in [1.29, 1.82) is 0 Å². The van der Waals surface area contributed by atoms with Crippen LogP contribution >= 0.6 is 57.5 Å². The topological polar surface area (TPSA) is 72.0 Å². The predicted molar refractivity (Wildman–Crippen MR) is 95.5 cm³/mol. The van der Waals surface area contributed by atoms with Crippen molar-refractivity contribution >= 4 is 72.6 Å². The molecular weight excluding hydrogens is 421 g/mol. The molecule has 0 atom stereocenters. The highest BCUT2D eigenvalue weighted by molar-refractivity contribution is 7.93. The minimum Gasteiger partial charge on any atom is -0.253 e. The molecule has 0 amide bonds. The van der Waals surface area contributed by atoms with Crippen LogP contribution in [0, 0.1) is 0 Å². The maximum atomic E-state index is 12.4. The first-order valence-corrected chi connectivity index (χ1v) is 10.2. The van der Waals surface area contributed by atoms with E-state index in [1.165, 1.54) is 29.5 Å². The number of sulfonamides is 1. The van der Waals surface area contributed by atoms with Crippen molar-refractivity contribution in [3.63, 3.8) is 0 Å². The molecular formula is C12H6Cl3N3O2S3.